The van der Waals surface area contributed by atoms with Gasteiger partial charge in [-0.05, 0) is 5.56 Å². The highest BCUT2D eigenvalue weighted by atomic mass is 16.5. The fourth-order valence-corrected chi connectivity index (χ4v) is 3.65. The summed E-state index contributed by atoms with van der Waals surface area (Å²) in [5, 5.41) is 4.19. The number of ether oxygens (including phenoxy) is 1. The highest BCUT2D eigenvalue weighted by molar-refractivity contribution is 5.94. The van der Waals surface area contributed by atoms with E-state index in [1.54, 1.807) is 6.20 Å². The summed E-state index contributed by atoms with van der Waals surface area (Å²) in [7, 11) is 0. The SMILES string of the molecule is c1ccc(CC2(Cn3ccnc3)COC(c3cc(-c4ccccc4)on3)=N2)cc1. The number of hydrogen-bond acceptors (Lipinski definition) is 5. The molecule has 2 aromatic heterocycles. The van der Waals surface area contributed by atoms with Crippen molar-refractivity contribution in [3.63, 3.8) is 0 Å². The van der Waals surface area contributed by atoms with Gasteiger partial charge in [-0.15, -0.1) is 0 Å². The van der Waals surface area contributed by atoms with Crippen LogP contribution in [0.3, 0.4) is 0 Å². The molecule has 0 radical (unpaired) electrons. The molecule has 0 saturated heterocycles. The topological polar surface area (TPSA) is 65.4 Å². The minimum atomic E-state index is -0.427. The molecule has 0 aliphatic carbocycles. The van der Waals surface area contributed by atoms with E-state index in [-0.39, 0.29) is 0 Å². The third kappa shape index (κ3) is 3.69. The van der Waals surface area contributed by atoms with Crippen LogP contribution in [-0.2, 0) is 17.7 Å². The van der Waals surface area contributed by atoms with Crippen LogP contribution in [0.2, 0.25) is 0 Å². The highest BCUT2D eigenvalue weighted by Gasteiger charge is 2.38. The number of nitrogens with zero attached hydrogens (tertiary/aromatic N) is 4. The van der Waals surface area contributed by atoms with Gasteiger partial charge < -0.3 is 13.8 Å². The van der Waals surface area contributed by atoms with Crippen molar-refractivity contribution in [2.45, 2.75) is 18.5 Å². The van der Waals surface area contributed by atoms with Gasteiger partial charge in [-0.25, -0.2) is 9.98 Å². The number of benzene rings is 2. The number of aromatic nitrogens is 3. The van der Waals surface area contributed by atoms with Crippen molar-refractivity contribution in [2.24, 2.45) is 4.99 Å². The summed E-state index contributed by atoms with van der Waals surface area (Å²) in [6.45, 7) is 1.15. The molecule has 3 heterocycles. The standard InChI is InChI=1S/C23H20N4O2/c1-3-7-18(8-4-1)14-23(15-27-12-11-24-17-27)16-28-22(25-23)20-13-21(29-26-20)19-9-5-2-6-10-19/h1-13,17H,14-16H2. The van der Waals surface area contributed by atoms with Gasteiger partial charge in [-0.1, -0.05) is 65.8 Å². The van der Waals surface area contributed by atoms with Crippen molar-refractivity contribution in [1.29, 1.82) is 0 Å². The molecule has 6 nitrogen and oxygen atoms in total. The Bertz CT molecular complexity index is 1100. The summed E-state index contributed by atoms with van der Waals surface area (Å²) in [4.78, 5) is 9.15. The third-order valence-corrected chi connectivity index (χ3v) is 5.02. The van der Waals surface area contributed by atoms with Crippen LogP contribution in [0.15, 0.2) is 95.0 Å². The number of hydrogen-bond donors (Lipinski definition) is 0. The summed E-state index contributed by atoms with van der Waals surface area (Å²) in [5.41, 5.74) is 2.37. The first-order chi connectivity index (χ1) is 14.3. The Morgan fingerprint density at radius 3 is 2.55 bits per heavy atom. The molecule has 4 aromatic rings. The van der Waals surface area contributed by atoms with Gasteiger partial charge in [0.2, 0.25) is 5.90 Å². The lowest BCUT2D eigenvalue weighted by molar-refractivity contribution is 0.232. The average molecular weight is 384 g/mol. The zero-order chi connectivity index (χ0) is 19.5. The molecule has 0 bridgehead atoms. The number of aliphatic imine (C=N–C) groups is 1. The van der Waals surface area contributed by atoms with E-state index in [0.717, 1.165) is 12.0 Å². The first kappa shape index (κ1) is 17.4. The molecule has 0 saturated carbocycles. The number of imidazole rings is 1. The van der Waals surface area contributed by atoms with Gasteiger partial charge in [0.15, 0.2) is 11.5 Å². The summed E-state index contributed by atoms with van der Waals surface area (Å²) < 4.78 is 13.6. The van der Waals surface area contributed by atoms with E-state index in [1.807, 2.05) is 71.7 Å². The van der Waals surface area contributed by atoms with Crippen molar-refractivity contribution < 1.29 is 9.26 Å². The van der Waals surface area contributed by atoms with Gasteiger partial charge in [-0.3, -0.25) is 0 Å². The van der Waals surface area contributed by atoms with E-state index in [4.69, 9.17) is 14.3 Å². The molecule has 6 heteroatoms. The van der Waals surface area contributed by atoms with Gasteiger partial charge in [0, 0.05) is 30.4 Å². The Kier molecular flexibility index (Phi) is 4.44. The zero-order valence-electron chi connectivity index (χ0n) is 15.8. The van der Waals surface area contributed by atoms with Crippen LogP contribution >= 0.6 is 0 Å². The Labute approximate surface area is 168 Å². The van der Waals surface area contributed by atoms with Crippen LogP contribution < -0.4 is 0 Å². The van der Waals surface area contributed by atoms with E-state index in [1.165, 1.54) is 5.56 Å². The molecule has 0 amide bonds. The summed E-state index contributed by atoms with van der Waals surface area (Å²) >= 11 is 0. The Balaban J connectivity index is 1.46. The molecule has 2 aromatic carbocycles. The van der Waals surface area contributed by atoms with E-state index in [0.29, 0.717) is 30.5 Å². The Morgan fingerprint density at radius 2 is 1.79 bits per heavy atom. The molecular weight excluding hydrogens is 364 g/mol. The summed E-state index contributed by atoms with van der Waals surface area (Å²) in [6, 6.07) is 22.1. The first-order valence-electron chi connectivity index (χ1n) is 9.55. The van der Waals surface area contributed by atoms with Gasteiger partial charge in [0.05, 0.1) is 12.9 Å². The number of rotatable bonds is 6. The van der Waals surface area contributed by atoms with Gasteiger partial charge >= 0.3 is 0 Å². The molecule has 29 heavy (non-hydrogen) atoms. The molecule has 0 N–H and O–H groups in total. The molecule has 1 aliphatic rings. The fraction of sp³-hybridized carbons (Fsp3) is 0.174. The maximum Gasteiger partial charge on any atom is 0.239 e. The predicted octanol–water partition coefficient (Wildman–Crippen LogP) is 4.00. The van der Waals surface area contributed by atoms with E-state index in [9.17, 15) is 0 Å². The minimum Gasteiger partial charge on any atom is -0.474 e. The normalized spacial score (nSPS) is 18.4. The highest BCUT2D eigenvalue weighted by Crippen LogP contribution is 2.29. The monoisotopic (exact) mass is 384 g/mol. The fourth-order valence-electron chi connectivity index (χ4n) is 3.65. The molecular formula is C23H20N4O2. The first-order valence-corrected chi connectivity index (χ1v) is 9.55. The van der Waals surface area contributed by atoms with Gasteiger partial charge in [-0.2, -0.15) is 0 Å². The van der Waals surface area contributed by atoms with Crippen LogP contribution in [0, 0.1) is 0 Å². The van der Waals surface area contributed by atoms with E-state index >= 15 is 0 Å². The van der Waals surface area contributed by atoms with Crippen LogP contribution in [0.4, 0.5) is 0 Å². The van der Waals surface area contributed by atoms with Gasteiger partial charge in [0.25, 0.3) is 0 Å². The molecule has 0 fully saturated rings. The van der Waals surface area contributed by atoms with Crippen molar-refractivity contribution in [2.75, 3.05) is 6.61 Å². The van der Waals surface area contributed by atoms with Crippen molar-refractivity contribution in [1.82, 2.24) is 14.7 Å². The second-order valence-electron chi connectivity index (χ2n) is 7.27. The summed E-state index contributed by atoms with van der Waals surface area (Å²) in [5.74, 6) is 1.22. The largest absolute Gasteiger partial charge is 0.474 e. The van der Waals surface area contributed by atoms with Crippen LogP contribution in [0.25, 0.3) is 11.3 Å². The molecule has 144 valence electrons. The van der Waals surface area contributed by atoms with Crippen LogP contribution in [-0.4, -0.2) is 32.8 Å². The lowest BCUT2D eigenvalue weighted by atomic mass is 9.92. The quantitative estimate of drug-likeness (QED) is 0.504. The van der Waals surface area contributed by atoms with Crippen molar-refractivity contribution >= 4 is 5.90 Å². The maximum atomic E-state index is 6.02. The molecule has 5 rings (SSSR count). The Morgan fingerprint density at radius 1 is 1.00 bits per heavy atom. The van der Waals surface area contributed by atoms with Crippen LogP contribution in [0.1, 0.15) is 11.3 Å². The lowest BCUT2D eigenvalue weighted by Gasteiger charge is -2.24. The zero-order valence-corrected chi connectivity index (χ0v) is 15.8. The van der Waals surface area contributed by atoms with E-state index in [2.05, 4.69) is 22.3 Å². The van der Waals surface area contributed by atoms with Crippen LogP contribution in [0.5, 0.6) is 0 Å². The second-order valence-corrected chi connectivity index (χ2v) is 7.27. The minimum absolute atomic E-state index is 0.427. The van der Waals surface area contributed by atoms with E-state index < -0.39 is 5.54 Å². The Hall–Kier alpha value is -3.67. The van der Waals surface area contributed by atoms with Crippen molar-refractivity contribution in [3.8, 4) is 11.3 Å². The van der Waals surface area contributed by atoms with Crippen molar-refractivity contribution in [3.05, 3.63) is 96.7 Å². The molecule has 1 aliphatic heterocycles. The summed E-state index contributed by atoms with van der Waals surface area (Å²) in [6.07, 6.45) is 6.30. The lowest BCUT2D eigenvalue weighted by Crippen LogP contribution is -2.36. The average Bonchev–Trinajstić information content (AvgIpc) is 3.51. The smallest absolute Gasteiger partial charge is 0.239 e. The maximum absolute atomic E-state index is 6.02. The molecule has 1 atom stereocenters. The molecule has 1 unspecified atom stereocenters. The third-order valence-electron chi connectivity index (χ3n) is 5.02. The molecule has 0 spiro atoms. The van der Waals surface area contributed by atoms with Gasteiger partial charge in [0.1, 0.15) is 12.1 Å². The predicted molar refractivity (Wildman–Crippen MR) is 110 cm³/mol. The second kappa shape index (κ2) is 7.39.